The van der Waals surface area contributed by atoms with Crippen molar-refractivity contribution in [2.45, 2.75) is 130 Å². The van der Waals surface area contributed by atoms with Gasteiger partial charge in [-0.1, -0.05) is 46.8 Å². The van der Waals surface area contributed by atoms with Crippen molar-refractivity contribution in [1.29, 1.82) is 0 Å². The summed E-state index contributed by atoms with van der Waals surface area (Å²) in [4.78, 5) is 0. The number of hydrogen-bond donors (Lipinski definition) is 4. The quantitative estimate of drug-likeness (QED) is 0.406. The number of rotatable bonds is 4. The summed E-state index contributed by atoms with van der Waals surface area (Å²) in [7, 11) is 0. The number of fused-ring (bicyclic) bond motifs is 5. The Morgan fingerprint density at radius 1 is 0.824 bits per heavy atom. The summed E-state index contributed by atoms with van der Waals surface area (Å²) in [5.41, 5.74) is -1.65. The molecule has 0 heterocycles. The molecule has 4 N–H and O–H groups in total. The lowest BCUT2D eigenvalue weighted by atomic mass is 9.35. The largest absolute Gasteiger partial charge is 0.393 e. The monoisotopic (exact) mass is 476 g/mol. The molecule has 4 nitrogen and oxygen atoms in total. The van der Waals surface area contributed by atoms with Gasteiger partial charge in [-0.15, -0.1) is 0 Å². The molecule has 0 radical (unpaired) electrons. The van der Waals surface area contributed by atoms with Gasteiger partial charge in [0.25, 0.3) is 0 Å². The predicted molar refractivity (Wildman–Crippen MR) is 137 cm³/mol. The van der Waals surface area contributed by atoms with E-state index in [2.05, 4.69) is 34.6 Å². The van der Waals surface area contributed by atoms with Crippen LogP contribution in [0.3, 0.4) is 0 Å². The molecule has 4 rings (SSSR count). The highest BCUT2D eigenvalue weighted by atomic mass is 16.3. The zero-order valence-corrected chi connectivity index (χ0v) is 23.1. The lowest BCUT2D eigenvalue weighted by Gasteiger charge is -2.69. The van der Waals surface area contributed by atoms with Gasteiger partial charge in [0, 0.05) is 5.92 Å². The Hall–Kier alpha value is -0.420. The van der Waals surface area contributed by atoms with Gasteiger partial charge in [-0.3, -0.25) is 0 Å². The van der Waals surface area contributed by atoms with Crippen LogP contribution in [0, 0.1) is 45.3 Å². The molecule has 4 fully saturated rings. The van der Waals surface area contributed by atoms with E-state index < -0.39 is 17.3 Å². The molecule has 0 aliphatic heterocycles. The molecule has 0 saturated heterocycles. The topological polar surface area (TPSA) is 80.9 Å². The van der Waals surface area contributed by atoms with Crippen LogP contribution in [0.4, 0.5) is 0 Å². The molecule has 4 saturated carbocycles. The van der Waals surface area contributed by atoms with Gasteiger partial charge in [-0.25, -0.2) is 0 Å². The van der Waals surface area contributed by atoms with Crippen LogP contribution >= 0.6 is 0 Å². The van der Waals surface area contributed by atoms with Crippen LogP contribution in [0.25, 0.3) is 0 Å². The molecule has 34 heavy (non-hydrogen) atoms. The third-order valence-corrected chi connectivity index (χ3v) is 12.2. The van der Waals surface area contributed by atoms with E-state index >= 15 is 0 Å². The summed E-state index contributed by atoms with van der Waals surface area (Å²) in [5, 5.41) is 44.0. The minimum atomic E-state index is -1.01. The Balaban J connectivity index is 1.65. The first-order valence-corrected chi connectivity index (χ1v) is 13.9. The summed E-state index contributed by atoms with van der Waals surface area (Å²) in [6, 6.07) is 0. The Morgan fingerprint density at radius 3 is 2.09 bits per heavy atom. The summed E-state index contributed by atoms with van der Waals surface area (Å²) in [5.74, 6) is 1.24. The molecule has 0 aromatic carbocycles. The smallest absolute Gasteiger partial charge is 0.0771 e. The summed E-state index contributed by atoms with van der Waals surface area (Å²) < 4.78 is 0. The molecular formula is C30H52O4. The molecule has 0 amide bonds. The van der Waals surface area contributed by atoms with Gasteiger partial charge in [-0.05, 0) is 112 Å². The fourth-order valence-corrected chi connectivity index (χ4v) is 10.3. The third-order valence-electron chi connectivity index (χ3n) is 12.2. The van der Waals surface area contributed by atoms with Crippen molar-refractivity contribution in [2.24, 2.45) is 45.3 Å². The van der Waals surface area contributed by atoms with Crippen molar-refractivity contribution in [3.05, 3.63) is 12.2 Å². The normalized spacial score (nSPS) is 50.4. The van der Waals surface area contributed by atoms with Crippen molar-refractivity contribution in [1.82, 2.24) is 0 Å². The molecular weight excluding hydrogens is 424 g/mol. The first-order valence-electron chi connectivity index (χ1n) is 13.9. The third kappa shape index (κ3) is 3.76. The maximum atomic E-state index is 11.6. The predicted octanol–water partition coefficient (Wildman–Crippen LogP) is 5.47. The van der Waals surface area contributed by atoms with E-state index in [1.54, 1.807) is 19.9 Å². The molecule has 0 spiro atoms. The SMILES string of the molecule is CC(C)(O)C=CCC(C)(O)C1C(O)CC2(C)C1CCC1C3(C)CCC(O)C(C)(C)C3CCC12C. The standard InChI is InChI=1S/C30H52O4/c1-25(2,33)14-9-15-30(8,34)24-19-10-11-22-27(5)16-13-23(32)26(3,4)21(27)12-17-28(22,6)29(19,7)18-20(24)31/h9,14,19-24,31-34H,10-13,15-18H2,1-8H3. The highest BCUT2D eigenvalue weighted by Gasteiger charge is 2.70. The van der Waals surface area contributed by atoms with Crippen LogP contribution in [-0.4, -0.2) is 43.8 Å². The Bertz CT molecular complexity index is 809. The van der Waals surface area contributed by atoms with Gasteiger partial charge in [0.1, 0.15) is 0 Å². The minimum absolute atomic E-state index is 0.0157. The second-order valence-electron chi connectivity index (χ2n) is 15.0. The lowest BCUT2D eigenvalue weighted by molar-refractivity contribution is -0.224. The molecule has 0 aromatic rings. The number of aliphatic hydroxyl groups excluding tert-OH is 2. The lowest BCUT2D eigenvalue weighted by Crippen LogP contribution is -2.64. The van der Waals surface area contributed by atoms with Gasteiger partial charge in [-0.2, -0.15) is 0 Å². The van der Waals surface area contributed by atoms with Gasteiger partial charge in [0.15, 0.2) is 0 Å². The van der Waals surface area contributed by atoms with E-state index in [0.29, 0.717) is 18.3 Å². The van der Waals surface area contributed by atoms with Crippen molar-refractivity contribution >= 4 is 0 Å². The van der Waals surface area contributed by atoms with Crippen LogP contribution in [0.2, 0.25) is 0 Å². The minimum Gasteiger partial charge on any atom is -0.393 e. The molecule has 0 bridgehead atoms. The summed E-state index contributed by atoms with van der Waals surface area (Å²) in [6.07, 6.45) is 10.6. The fraction of sp³-hybridized carbons (Fsp3) is 0.933. The van der Waals surface area contributed by atoms with E-state index in [1.165, 1.54) is 0 Å². The average Bonchev–Trinajstić information content (AvgIpc) is 2.96. The molecule has 10 atom stereocenters. The van der Waals surface area contributed by atoms with Gasteiger partial charge < -0.3 is 20.4 Å². The maximum absolute atomic E-state index is 11.6. The molecule has 4 aliphatic rings. The second kappa shape index (κ2) is 8.04. The van der Waals surface area contributed by atoms with Gasteiger partial charge in [0.05, 0.1) is 23.4 Å². The second-order valence-corrected chi connectivity index (χ2v) is 15.0. The van der Waals surface area contributed by atoms with E-state index in [4.69, 9.17) is 0 Å². The molecule has 4 heteroatoms. The molecule has 196 valence electrons. The van der Waals surface area contributed by atoms with E-state index in [1.807, 2.05) is 13.0 Å². The Morgan fingerprint density at radius 2 is 1.47 bits per heavy atom. The molecule has 4 aliphatic carbocycles. The number of aliphatic hydroxyl groups is 4. The average molecular weight is 477 g/mol. The first kappa shape index (κ1) is 26.6. The van der Waals surface area contributed by atoms with Gasteiger partial charge >= 0.3 is 0 Å². The van der Waals surface area contributed by atoms with E-state index in [-0.39, 0.29) is 39.6 Å². The van der Waals surface area contributed by atoms with Crippen LogP contribution < -0.4 is 0 Å². The van der Waals surface area contributed by atoms with Crippen molar-refractivity contribution in [3.8, 4) is 0 Å². The zero-order chi connectivity index (χ0) is 25.5. The van der Waals surface area contributed by atoms with Crippen LogP contribution in [0.1, 0.15) is 107 Å². The Labute approximate surface area is 208 Å². The highest BCUT2D eigenvalue weighted by molar-refractivity contribution is 5.20. The maximum Gasteiger partial charge on any atom is 0.0771 e. The summed E-state index contributed by atoms with van der Waals surface area (Å²) in [6.45, 7) is 17.4. The van der Waals surface area contributed by atoms with Gasteiger partial charge in [0.2, 0.25) is 0 Å². The molecule has 0 aromatic heterocycles. The van der Waals surface area contributed by atoms with Crippen LogP contribution in [0.5, 0.6) is 0 Å². The van der Waals surface area contributed by atoms with E-state index in [9.17, 15) is 20.4 Å². The summed E-state index contributed by atoms with van der Waals surface area (Å²) >= 11 is 0. The van der Waals surface area contributed by atoms with Crippen molar-refractivity contribution in [3.63, 3.8) is 0 Å². The fourth-order valence-electron chi connectivity index (χ4n) is 10.3. The molecule has 10 unspecified atom stereocenters. The van der Waals surface area contributed by atoms with Crippen LogP contribution in [-0.2, 0) is 0 Å². The van der Waals surface area contributed by atoms with Crippen LogP contribution in [0.15, 0.2) is 12.2 Å². The Kier molecular flexibility index (Phi) is 6.30. The van der Waals surface area contributed by atoms with Crippen molar-refractivity contribution in [2.75, 3.05) is 0 Å². The number of hydrogen-bond acceptors (Lipinski definition) is 4. The first-order chi connectivity index (χ1) is 15.4. The van der Waals surface area contributed by atoms with Crippen molar-refractivity contribution < 1.29 is 20.4 Å². The van der Waals surface area contributed by atoms with E-state index in [0.717, 1.165) is 44.9 Å². The highest BCUT2D eigenvalue weighted by Crippen LogP contribution is 2.75. The zero-order valence-electron chi connectivity index (χ0n) is 23.1.